The molecule has 1 aromatic carbocycles. The van der Waals surface area contributed by atoms with Gasteiger partial charge in [0.1, 0.15) is 5.75 Å². The summed E-state index contributed by atoms with van der Waals surface area (Å²) in [5, 5.41) is 3.22. The van der Waals surface area contributed by atoms with Gasteiger partial charge in [0.05, 0.1) is 12.5 Å². The van der Waals surface area contributed by atoms with Crippen molar-refractivity contribution in [3.05, 3.63) is 24.3 Å². The number of nitrogens with one attached hydrogen (secondary N) is 1. The van der Waals surface area contributed by atoms with Crippen molar-refractivity contribution >= 4 is 11.6 Å². The molecule has 6 heteroatoms. The molecule has 1 atom stereocenters. The van der Waals surface area contributed by atoms with Crippen molar-refractivity contribution in [1.82, 2.24) is 5.32 Å². The quantitative estimate of drug-likeness (QED) is 0.845. The van der Waals surface area contributed by atoms with Crippen LogP contribution in [0.3, 0.4) is 0 Å². The zero-order chi connectivity index (χ0) is 17.0. The van der Waals surface area contributed by atoms with Crippen molar-refractivity contribution in [2.45, 2.75) is 25.3 Å². The van der Waals surface area contributed by atoms with E-state index in [9.17, 15) is 4.79 Å². The number of benzene rings is 1. The molecule has 2 aliphatic heterocycles. The largest absolute Gasteiger partial charge is 0.497 e. The van der Waals surface area contributed by atoms with E-state index in [1.54, 1.807) is 7.11 Å². The molecule has 2 heterocycles. The molecule has 0 aliphatic carbocycles. The second-order valence-electron chi connectivity index (χ2n) is 6.70. The van der Waals surface area contributed by atoms with Crippen LogP contribution in [0.5, 0.6) is 5.75 Å². The molecule has 6 nitrogen and oxygen atoms in total. The van der Waals surface area contributed by atoms with Crippen LogP contribution in [0.15, 0.2) is 24.3 Å². The zero-order valence-corrected chi connectivity index (χ0v) is 14.3. The number of hydrogen-bond donors (Lipinski definition) is 2. The maximum Gasteiger partial charge on any atom is 0.227 e. The van der Waals surface area contributed by atoms with E-state index in [0.717, 1.165) is 30.9 Å². The number of nitrogens with two attached hydrogens (primary N) is 1. The van der Waals surface area contributed by atoms with Crippen molar-refractivity contribution in [1.29, 1.82) is 0 Å². The maximum absolute atomic E-state index is 12.8. The Labute approximate surface area is 143 Å². The molecule has 132 valence electrons. The fourth-order valence-corrected chi connectivity index (χ4v) is 3.54. The van der Waals surface area contributed by atoms with Crippen molar-refractivity contribution in [2.24, 2.45) is 11.1 Å². The topological polar surface area (TPSA) is 76.8 Å². The maximum atomic E-state index is 12.8. The number of amides is 1. The predicted octanol–water partition coefficient (Wildman–Crippen LogP) is 1.15. The average Bonchev–Trinajstić information content (AvgIpc) is 3.11. The SMILES string of the molecule is COc1cccc(N2CCC(NC(=O)C3(CN)CCOCC3)C2)c1. The number of carbonyl (C=O) groups excluding carboxylic acids is 1. The highest BCUT2D eigenvalue weighted by Gasteiger charge is 2.40. The van der Waals surface area contributed by atoms with E-state index in [1.807, 2.05) is 18.2 Å². The van der Waals surface area contributed by atoms with Gasteiger partial charge in [-0.15, -0.1) is 0 Å². The Hall–Kier alpha value is -1.79. The van der Waals surface area contributed by atoms with Gasteiger partial charge in [0.15, 0.2) is 0 Å². The van der Waals surface area contributed by atoms with Gasteiger partial charge in [-0.05, 0) is 31.4 Å². The number of ether oxygens (including phenoxy) is 2. The van der Waals surface area contributed by atoms with E-state index in [4.69, 9.17) is 15.2 Å². The van der Waals surface area contributed by atoms with Crippen molar-refractivity contribution in [3.8, 4) is 5.75 Å². The van der Waals surface area contributed by atoms with Crippen LogP contribution in [0.4, 0.5) is 5.69 Å². The minimum atomic E-state index is -0.457. The summed E-state index contributed by atoms with van der Waals surface area (Å²) < 4.78 is 10.7. The van der Waals surface area contributed by atoms with E-state index in [0.29, 0.717) is 32.6 Å². The number of hydrogen-bond acceptors (Lipinski definition) is 5. The van der Waals surface area contributed by atoms with Gasteiger partial charge in [-0.2, -0.15) is 0 Å². The van der Waals surface area contributed by atoms with Gasteiger partial charge in [0.2, 0.25) is 5.91 Å². The Morgan fingerprint density at radius 3 is 2.96 bits per heavy atom. The highest BCUT2D eigenvalue weighted by atomic mass is 16.5. The molecule has 24 heavy (non-hydrogen) atoms. The molecule has 0 radical (unpaired) electrons. The lowest BCUT2D eigenvalue weighted by Crippen LogP contribution is -2.52. The normalized spacial score (nSPS) is 23.1. The van der Waals surface area contributed by atoms with Crippen molar-refractivity contribution in [3.63, 3.8) is 0 Å². The van der Waals surface area contributed by atoms with Gasteiger partial charge in [-0.25, -0.2) is 0 Å². The van der Waals surface area contributed by atoms with Gasteiger partial charge in [-0.1, -0.05) is 6.07 Å². The first-order chi connectivity index (χ1) is 11.7. The van der Waals surface area contributed by atoms with Gasteiger partial charge in [0, 0.05) is 50.6 Å². The molecular formula is C18H27N3O3. The van der Waals surface area contributed by atoms with Crippen LogP contribution in [-0.2, 0) is 9.53 Å². The summed E-state index contributed by atoms with van der Waals surface area (Å²) >= 11 is 0. The van der Waals surface area contributed by atoms with E-state index in [-0.39, 0.29) is 11.9 Å². The number of rotatable bonds is 5. The number of anilines is 1. The molecule has 1 aromatic rings. The Morgan fingerprint density at radius 2 is 2.25 bits per heavy atom. The Bertz CT molecular complexity index is 572. The van der Waals surface area contributed by atoms with Crippen LogP contribution in [0, 0.1) is 5.41 Å². The third-order valence-corrected chi connectivity index (χ3v) is 5.26. The van der Waals surface area contributed by atoms with Crippen LogP contribution < -0.4 is 20.7 Å². The molecule has 2 aliphatic rings. The van der Waals surface area contributed by atoms with Gasteiger partial charge in [0.25, 0.3) is 0 Å². The van der Waals surface area contributed by atoms with Crippen LogP contribution in [0.2, 0.25) is 0 Å². The summed E-state index contributed by atoms with van der Waals surface area (Å²) in [6, 6.07) is 8.20. The summed E-state index contributed by atoms with van der Waals surface area (Å²) in [6.45, 7) is 3.36. The molecule has 0 spiro atoms. The number of carbonyl (C=O) groups is 1. The van der Waals surface area contributed by atoms with Gasteiger partial charge in [-0.3, -0.25) is 4.79 Å². The van der Waals surface area contributed by atoms with Crippen LogP contribution in [0.25, 0.3) is 0 Å². The summed E-state index contributed by atoms with van der Waals surface area (Å²) in [4.78, 5) is 15.0. The highest BCUT2D eigenvalue weighted by molar-refractivity contribution is 5.83. The summed E-state index contributed by atoms with van der Waals surface area (Å²) in [5.41, 5.74) is 6.60. The lowest BCUT2D eigenvalue weighted by atomic mass is 9.79. The van der Waals surface area contributed by atoms with Gasteiger partial charge >= 0.3 is 0 Å². The standard InChI is InChI=1S/C18H27N3O3/c1-23-16-4-2-3-15(11-16)21-8-5-14(12-21)20-17(22)18(13-19)6-9-24-10-7-18/h2-4,11,14H,5-10,12-13,19H2,1H3,(H,20,22). The fourth-order valence-electron chi connectivity index (χ4n) is 3.54. The van der Waals surface area contributed by atoms with Gasteiger partial charge < -0.3 is 25.4 Å². The zero-order valence-electron chi connectivity index (χ0n) is 14.3. The molecule has 0 aromatic heterocycles. The van der Waals surface area contributed by atoms with E-state index < -0.39 is 5.41 Å². The lowest BCUT2D eigenvalue weighted by molar-refractivity contribution is -0.136. The molecular weight excluding hydrogens is 306 g/mol. The molecule has 1 amide bonds. The molecule has 2 saturated heterocycles. The van der Waals surface area contributed by atoms with E-state index in [1.165, 1.54) is 0 Å². The molecule has 0 saturated carbocycles. The number of methoxy groups -OCH3 is 1. The first-order valence-corrected chi connectivity index (χ1v) is 8.65. The number of nitrogens with zero attached hydrogens (tertiary/aromatic N) is 1. The molecule has 2 fully saturated rings. The predicted molar refractivity (Wildman–Crippen MR) is 93.3 cm³/mol. The Balaban J connectivity index is 1.60. The van der Waals surface area contributed by atoms with E-state index >= 15 is 0 Å². The molecule has 1 unspecified atom stereocenters. The Kier molecular flexibility index (Phi) is 5.26. The molecule has 0 bridgehead atoms. The van der Waals surface area contributed by atoms with Crippen molar-refractivity contribution in [2.75, 3.05) is 44.9 Å². The second-order valence-corrected chi connectivity index (χ2v) is 6.70. The van der Waals surface area contributed by atoms with E-state index in [2.05, 4.69) is 16.3 Å². The smallest absolute Gasteiger partial charge is 0.227 e. The minimum Gasteiger partial charge on any atom is -0.497 e. The van der Waals surface area contributed by atoms with Crippen molar-refractivity contribution < 1.29 is 14.3 Å². The minimum absolute atomic E-state index is 0.0887. The van der Waals surface area contributed by atoms with Crippen LogP contribution >= 0.6 is 0 Å². The molecule has 3 N–H and O–H groups in total. The Morgan fingerprint density at radius 1 is 1.46 bits per heavy atom. The second kappa shape index (κ2) is 7.40. The third kappa shape index (κ3) is 3.49. The summed E-state index contributed by atoms with van der Waals surface area (Å²) in [6.07, 6.45) is 2.36. The first-order valence-electron chi connectivity index (χ1n) is 8.65. The monoisotopic (exact) mass is 333 g/mol. The average molecular weight is 333 g/mol. The summed E-state index contributed by atoms with van der Waals surface area (Å²) in [7, 11) is 1.67. The lowest BCUT2D eigenvalue weighted by Gasteiger charge is -2.35. The first kappa shape index (κ1) is 17.0. The third-order valence-electron chi connectivity index (χ3n) is 5.26. The molecule has 3 rings (SSSR count). The van der Waals surface area contributed by atoms with Crippen LogP contribution in [0.1, 0.15) is 19.3 Å². The highest BCUT2D eigenvalue weighted by Crippen LogP contribution is 2.30. The van der Waals surface area contributed by atoms with Crippen LogP contribution in [-0.4, -0.2) is 51.9 Å². The summed E-state index contributed by atoms with van der Waals surface area (Å²) in [5.74, 6) is 0.940. The fraction of sp³-hybridized carbons (Fsp3) is 0.611.